The number of halogens is 2. The van der Waals surface area contributed by atoms with Crippen molar-refractivity contribution in [3.63, 3.8) is 0 Å². The molecule has 1 aromatic carbocycles. The second kappa shape index (κ2) is 6.48. The first-order valence-electron chi connectivity index (χ1n) is 4.86. The first-order valence-corrected chi connectivity index (χ1v) is 6.03. The maximum atomic E-state index is 9.82. The summed E-state index contributed by atoms with van der Waals surface area (Å²) >= 11 is 9.35. The van der Waals surface area contributed by atoms with Crippen molar-refractivity contribution >= 4 is 27.5 Å². The lowest BCUT2D eigenvalue weighted by atomic mass is 10.1. The number of hydrogen-bond donors (Lipinski definition) is 1. The minimum atomic E-state index is -0.665. The Hall–Kier alpha value is -0.0900. The van der Waals surface area contributed by atoms with Crippen LogP contribution in [0.25, 0.3) is 0 Å². The van der Waals surface area contributed by atoms with Crippen LogP contribution in [-0.4, -0.2) is 18.3 Å². The van der Waals surface area contributed by atoms with Crippen molar-refractivity contribution in [2.24, 2.45) is 0 Å². The van der Waals surface area contributed by atoms with E-state index in [-0.39, 0.29) is 6.61 Å². The fraction of sp³-hybridized carbons (Fsp3) is 0.455. The summed E-state index contributed by atoms with van der Waals surface area (Å²) in [6, 6.07) is 5.48. The number of rotatable bonds is 5. The third-order valence-electron chi connectivity index (χ3n) is 1.96. The Morgan fingerprint density at radius 2 is 2.27 bits per heavy atom. The molecule has 1 unspecified atom stereocenters. The van der Waals surface area contributed by atoms with Crippen molar-refractivity contribution in [3.05, 3.63) is 33.3 Å². The van der Waals surface area contributed by atoms with E-state index in [4.69, 9.17) is 16.3 Å². The molecule has 1 rings (SSSR count). The average molecular weight is 294 g/mol. The molecule has 0 fully saturated rings. The van der Waals surface area contributed by atoms with Gasteiger partial charge in [-0.2, -0.15) is 0 Å². The van der Waals surface area contributed by atoms with Gasteiger partial charge in [0.1, 0.15) is 6.10 Å². The lowest BCUT2D eigenvalue weighted by molar-refractivity contribution is 0.0364. The van der Waals surface area contributed by atoms with Gasteiger partial charge in [-0.05, 0) is 28.4 Å². The summed E-state index contributed by atoms with van der Waals surface area (Å²) in [6.07, 6.45) is 0.278. The normalized spacial score (nSPS) is 12.8. The molecule has 1 N–H and O–H groups in total. The molecule has 0 bridgehead atoms. The summed E-state index contributed by atoms with van der Waals surface area (Å²) in [7, 11) is 0. The first kappa shape index (κ1) is 13.0. The number of aliphatic hydroxyl groups excluding tert-OH is 1. The van der Waals surface area contributed by atoms with Crippen molar-refractivity contribution < 1.29 is 9.84 Å². The number of hydrogen-bond acceptors (Lipinski definition) is 2. The summed E-state index contributed by atoms with van der Waals surface area (Å²) < 4.78 is 6.06. The van der Waals surface area contributed by atoms with Crippen LogP contribution in [0.3, 0.4) is 0 Å². The van der Waals surface area contributed by atoms with Gasteiger partial charge < -0.3 is 9.84 Å². The van der Waals surface area contributed by atoms with E-state index in [9.17, 15) is 5.11 Å². The summed E-state index contributed by atoms with van der Waals surface area (Å²) in [5.41, 5.74) is 0.696. The van der Waals surface area contributed by atoms with Crippen LogP contribution >= 0.6 is 27.5 Å². The first-order chi connectivity index (χ1) is 7.16. The molecule has 2 nitrogen and oxygen atoms in total. The molecule has 0 aliphatic rings. The Kier molecular flexibility index (Phi) is 5.61. The molecule has 0 amide bonds. The Labute approximate surface area is 103 Å². The topological polar surface area (TPSA) is 29.5 Å². The smallest absolute Gasteiger partial charge is 0.104 e. The summed E-state index contributed by atoms with van der Waals surface area (Å²) in [5.74, 6) is 0. The van der Waals surface area contributed by atoms with Crippen molar-refractivity contribution in [2.45, 2.75) is 19.4 Å². The van der Waals surface area contributed by atoms with Crippen LogP contribution < -0.4 is 0 Å². The molecule has 0 saturated heterocycles. The minimum Gasteiger partial charge on any atom is -0.386 e. The highest BCUT2D eigenvalue weighted by atomic mass is 79.9. The van der Waals surface area contributed by atoms with Crippen LogP contribution in [0.1, 0.15) is 25.0 Å². The third kappa shape index (κ3) is 3.76. The largest absolute Gasteiger partial charge is 0.386 e. The number of ether oxygens (including phenoxy) is 1. The molecule has 84 valence electrons. The van der Waals surface area contributed by atoms with Gasteiger partial charge in [-0.3, -0.25) is 0 Å². The Morgan fingerprint density at radius 3 is 2.93 bits per heavy atom. The lowest BCUT2D eigenvalue weighted by Gasteiger charge is -2.13. The van der Waals surface area contributed by atoms with Gasteiger partial charge in [0.15, 0.2) is 0 Å². The number of benzene rings is 1. The van der Waals surface area contributed by atoms with Crippen LogP contribution in [0, 0.1) is 0 Å². The quantitative estimate of drug-likeness (QED) is 0.841. The van der Waals surface area contributed by atoms with Crippen LogP contribution in [0.15, 0.2) is 22.7 Å². The Morgan fingerprint density at radius 1 is 1.53 bits per heavy atom. The maximum absolute atomic E-state index is 9.82. The summed E-state index contributed by atoms with van der Waals surface area (Å²) in [4.78, 5) is 0. The van der Waals surface area contributed by atoms with Crippen molar-refractivity contribution in [1.29, 1.82) is 0 Å². The van der Waals surface area contributed by atoms with E-state index in [1.165, 1.54) is 0 Å². The second-order valence-electron chi connectivity index (χ2n) is 3.23. The van der Waals surface area contributed by atoms with Gasteiger partial charge >= 0.3 is 0 Å². The van der Waals surface area contributed by atoms with E-state index in [2.05, 4.69) is 15.9 Å². The molecule has 0 spiro atoms. The molecular weight excluding hydrogens is 279 g/mol. The maximum Gasteiger partial charge on any atom is 0.104 e. The Bertz CT molecular complexity index is 317. The molecule has 0 aliphatic carbocycles. The molecule has 4 heteroatoms. The molecule has 0 radical (unpaired) electrons. The molecule has 15 heavy (non-hydrogen) atoms. The van der Waals surface area contributed by atoms with Gasteiger partial charge in [-0.1, -0.05) is 30.7 Å². The summed E-state index contributed by atoms with van der Waals surface area (Å²) in [6.45, 7) is 2.96. The van der Waals surface area contributed by atoms with Gasteiger partial charge in [-0.25, -0.2) is 0 Å². The van der Waals surface area contributed by atoms with Gasteiger partial charge in [0, 0.05) is 16.6 Å². The van der Waals surface area contributed by atoms with Gasteiger partial charge in [0.25, 0.3) is 0 Å². The zero-order chi connectivity index (χ0) is 11.3. The monoisotopic (exact) mass is 292 g/mol. The van der Waals surface area contributed by atoms with E-state index in [1.54, 1.807) is 6.07 Å². The van der Waals surface area contributed by atoms with Crippen molar-refractivity contribution in [2.75, 3.05) is 13.2 Å². The van der Waals surface area contributed by atoms with Crippen LogP contribution in [-0.2, 0) is 4.74 Å². The van der Waals surface area contributed by atoms with Crippen molar-refractivity contribution in [3.8, 4) is 0 Å². The second-order valence-corrected chi connectivity index (χ2v) is 4.47. The molecular formula is C11H14BrClO2. The van der Waals surface area contributed by atoms with Crippen molar-refractivity contribution in [1.82, 2.24) is 0 Å². The van der Waals surface area contributed by atoms with E-state index >= 15 is 0 Å². The van der Waals surface area contributed by atoms with Gasteiger partial charge in [0.2, 0.25) is 0 Å². The highest BCUT2D eigenvalue weighted by Gasteiger charge is 2.13. The average Bonchev–Trinajstić information content (AvgIpc) is 2.22. The fourth-order valence-corrected chi connectivity index (χ4v) is 1.84. The predicted octanol–water partition coefficient (Wildman–Crippen LogP) is 3.56. The minimum absolute atomic E-state index is 0.282. The Balaban J connectivity index is 2.65. The van der Waals surface area contributed by atoms with Crippen LogP contribution in [0.4, 0.5) is 0 Å². The van der Waals surface area contributed by atoms with Crippen LogP contribution in [0.5, 0.6) is 0 Å². The predicted molar refractivity (Wildman–Crippen MR) is 65.2 cm³/mol. The van der Waals surface area contributed by atoms with Crippen LogP contribution in [0.2, 0.25) is 5.02 Å². The fourth-order valence-electron chi connectivity index (χ4n) is 1.21. The molecule has 1 atom stereocenters. The SMILES string of the molecule is CCCOCC(O)c1cccc(Br)c1Cl. The summed E-state index contributed by atoms with van der Waals surface area (Å²) in [5, 5.41) is 10.4. The molecule has 1 aromatic rings. The molecule has 0 heterocycles. The lowest BCUT2D eigenvalue weighted by Crippen LogP contribution is -2.08. The van der Waals surface area contributed by atoms with Gasteiger partial charge in [-0.15, -0.1) is 0 Å². The van der Waals surface area contributed by atoms with E-state index in [0.29, 0.717) is 17.2 Å². The standard InChI is InChI=1S/C11H14BrClO2/c1-2-6-15-7-10(14)8-4-3-5-9(12)11(8)13/h3-5,10,14H,2,6-7H2,1H3. The zero-order valence-electron chi connectivity index (χ0n) is 8.54. The van der Waals surface area contributed by atoms with E-state index in [0.717, 1.165) is 10.9 Å². The highest BCUT2D eigenvalue weighted by Crippen LogP contribution is 2.30. The third-order valence-corrected chi connectivity index (χ3v) is 3.28. The number of aliphatic hydroxyl groups is 1. The van der Waals surface area contributed by atoms with E-state index in [1.807, 2.05) is 19.1 Å². The molecule has 0 saturated carbocycles. The highest BCUT2D eigenvalue weighted by molar-refractivity contribution is 9.10. The zero-order valence-corrected chi connectivity index (χ0v) is 10.9. The molecule has 0 aliphatic heterocycles. The van der Waals surface area contributed by atoms with Gasteiger partial charge in [0.05, 0.1) is 11.6 Å². The van der Waals surface area contributed by atoms with E-state index < -0.39 is 6.10 Å². The molecule has 0 aromatic heterocycles.